The van der Waals surface area contributed by atoms with E-state index in [-0.39, 0.29) is 18.7 Å². The molecule has 1 atom stereocenters. The van der Waals surface area contributed by atoms with E-state index in [0.29, 0.717) is 35.1 Å². The van der Waals surface area contributed by atoms with Gasteiger partial charge in [-0.2, -0.15) is 0 Å². The first kappa shape index (κ1) is 27.4. The zero-order valence-corrected chi connectivity index (χ0v) is 23.4. The topological polar surface area (TPSA) is 78.7 Å². The van der Waals surface area contributed by atoms with E-state index < -0.39 is 5.82 Å². The van der Waals surface area contributed by atoms with Crippen molar-refractivity contribution in [3.63, 3.8) is 0 Å². The maximum absolute atomic E-state index is 14.3. The van der Waals surface area contributed by atoms with Crippen LogP contribution in [0.5, 0.6) is 5.88 Å². The van der Waals surface area contributed by atoms with Crippen molar-refractivity contribution in [1.82, 2.24) is 19.4 Å². The lowest BCUT2D eigenvalue weighted by molar-refractivity contribution is -0.0591. The molecular weight excluding hydrogens is 547 g/mol. The fourth-order valence-corrected chi connectivity index (χ4v) is 5.37. The van der Waals surface area contributed by atoms with Gasteiger partial charge in [-0.05, 0) is 60.9 Å². The number of rotatable bonds is 9. The Labute approximate surface area is 242 Å². The molecule has 6 rings (SSSR count). The van der Waals surface area contributed by atoms with Crippen molar-refractivity contribution in [1.29, 1.82) is 0 Å². The molecule has 41 heavy (non-hydrogen) atoms. The van der Waals surface area contributed by atoms with E-state index in [4.69, 9.17) is 30.8 Å². The minimum Gasteiger partial charge on any atom is -0.472 e. The number of benzene rings is 2. The van der Waals surface area contributed by atoms with Crippen molar-refractivity contribution in [3.05, 3.63) is 94.2 Å². The van der Waals surface area contributed by atoms with Gasteiger partial charge in [0.1, 0.15) is 18.2 Å². The number of esters is 1. The molecule has 2 aliphatic heterocycles. The van der Waals surface area contributed by atoms with Gasteiger partial charge in [0.05, 0.1) is 42.9 Å². The van der Waals surface area contributed by atoms with E-state index in [9.17, 15) is 9.18 Å². The number of aromatic nitrogens is 3. The third-order valence-electron chi connectivity index (χ3n) is 7.58. The predicted molar refractivity (Wildman–Crippen MR) is 153 cm³/mol. The number of hydrogen-bond donors (Lipinski definition) is 0. The van der Waals surface area contributed by atoms with E-state index in [1.54, 1.807) is 24.4 Å². The van der Waals surface area contributed by atoms with Crippen LogP contribution in [0, 0.1) is 5.82 Å². The molecule has 0 N–H and O–H groups in total. The number of halogens is 2. The van der Waals surface area contributed by atoms with Gasteiger partial charge in [-0.15, -0.1) is 0 Å². The van der Waals surface area contributed by atoms with Gasteiger partial charge >= 0.3 is 5.97 Å². The second-order valence-electron chi connectivity index (χ2n) is 10.2. The highest BCUT2D eigenvalue weighted by molar-refractivity contribution is 6.30. The maximum atomic E-state index is 14.3. The number of fused-ring (bicyclic) bond motifs is 1. The fraction of sp³-hybridized carbons (Fsp3) is 0.323. The molecule has 0 radical (unpaired) electrons. The van der Waals surface area contributed by atoms with Crippen LogP contribution in [0.1, 0.15) is 40.2 Å². The Morgan fingerprint density at radius 1 is 1.22 bits per heavy atom. The number of pyridine rings is 1. The molecule has 0 amide bonds. The summed E-state index contributed by atoms with van der Waals surface area (Å²) in [6.07, 6.45) is 5.82. The summed E-state index contributed by atoms with van der Waals surface area (Å²) in [5, 5.41) is 0.347. The van der Waals surface area contributed by atoms with E-state index in [2.05, 4.69) is 20.5 Å². The smallest absolute Gasteiger partial charge is 0.337 e. The average Bonchev–Trinajstić information content (AvgIpc) is 3.30. The third-order valence-corrected chi connectivity index (χ3v) is 7.82. The standard InChI is InChI=1S/C31H30ClFN4O4/c1-39-31(38)21-5-7-27-28(15-21)37(17-24-10-14-40-24)29(35-27)18-36-12-8-20(9-13-36)25-3-2-11-34-30(25)41-19-22-4-6-23(32)16-26(22)33/h2-8,11,15-16,24H,9-10,12-14,17-19H2,1H3. The van der Waals surface area contributed by atoms with E-state index >= 15 is 0 Å². The second-order valence-corrected chi connectivity index (χ2v) is 10.6. The maximum Gasteiger partial charge on any atom is 0.337 e. The van der Waals surface area contributed by atoms with Crippen molar-refractivity contribution in [2.24, 2.45) is 0 Å². The fourth-order valence-electron chi connectivity index (χ4n) is 5.21. The number of hydrogen-bond acceptors (Lipinski definition) is 7. The highest BCUT2D eigenvalue weighted by Gasteiger charge is 2.24. The lowest BCUT2D eigenvalue weighted by Crippen LogP contribution is -2.33. The predicted octanol–water partition coefficient (Wildman–Crippen LogP) is 5.67. The molecule has 4 aromatic rings. The highest BCUT2D eigenvalue weighted by Crippen LogP contribution is 2.31. The second kappa shape index (κ2) is 12.0. The van der Waals surface area contributed by atoms with Crippen molar-refractivity contribution >= 4 is 34.2 Å². The Morgan fingerprint density at radius 2 is 2.10 bits per heavy atom. The highest BCUT2D eigenvalue weighted by atomic mass is 35.5. The number of carbonyl (C=O) groups excluding carboxylic acids is 1. The van der Waals surface area contributed by atoms with E-state index in [1.165, 1.54) is 13.2 Å². The summed E-state index contributed by atoms with van der Waals surface area (Å²) in [4.78, 5) is 23.9. The minimum atomic E-state index is -0.404. The summed E-state index contributed by atoms with van der Waals surface area (Å²) in [5.74, 6) is 0.640. The van der Waals surface area contributed by atoms with E-state index in [1.807, 2.05) is 24.3 Å². The van der Waals surface area contributed by atoms with Crippen LogP contribution in [0.3, 0.4) is 0 Å². The normalized spacial score (nSPS) is 17.2. The Kier molecular flexibility index (Phi) is 8.00. The number of methoxy groups -OCH3 is 1. The van der Waals surface area contributed by atoms with Gasteiger partial charge in [-0.3, -0.25) is 4.90 Å². The summed E-state index contributed by atoms with van der Waals surface area (Å²) in [6.45, 7) is 3.73. The van der Waals surface area contributed by atoms with Crippen molar-refractivity contribution in [2.75, 3.05) is 26.8 Å². The summed E-state index contributed by atoms with van der Waals surface area (Å²) in [7, 11) is 1.38. The first-order valence-corrected chi connectivity index (χ1v) is 14.0. The molecule has 0 spiro atoms. The molecule has 1 unspecified atom stereocenters. The van der Waals surface area contributed by atoms with Crippen LogP contribution >= 0.6 is 11.6 Å². The molecule has 212 valence electrons. The van der Waals surface area contributed by atoms with Gasteiger partial charge in [-0.1, -0.05) is 23.7 Å². The van der Waals surface area contributed by atoms with Crippen LogP contribution in [0.2, 0.25) is 5.02 Å². The number of carbonyl (C=O) groups is 1. The quantitative estimate of drug-likeness (QED) is 0.238. The Hall–Kier alpha value is -3.79. The summed E-state index contributed by atoms with van der Waals surface area (Å²) >= 11 is 5.88. The van der Waals surface area contributed by atoms with Crippen LogP contribution in [-0.2, 0) is 29.2 Å². The van der Waals surface area contributed by atoms with Crippen LogP contribution in [0.15, 0.2) is 60.8 Å². The van der Waals surface area contributed by atoms with Crippen LogP contribution in [-0.4, -0.2) is 58.3 Å². The molecule has 2 aromatic carbocycles. The number of nitrogens with zero attached hydrogens (tertiary/aromatic N) is 4. The zero-order chi connectivity index (χ0) is 28.3. The third kappa shape index (κ3) is 5.98. The van der Waals surface area contributed by atoms with Gasteiger partial charge in [0, 0.05) is 42.0 Å². The lowest BCUT2D eigenvalue weighted by atomic mass is 10.0. The van der Waals surface area contributed by atoms with Gasteiger partial charge in [0.15, 0.2) is 0 Å². The van der Waals surface area contributed by atoms with Crippen molar-refractivity contribution < 1.29 is 23.4 Å². The molecule has 0 aliphatic carbocycles. The van der Waals surface area contributed by atoms with Crippen LogP contribution in [0.4, 0.5) is 4.39 Å². The molecule has 2 aliphatic rings. The zero-order valence-electron chi connectivity index (χ0n) is 22.7. The SMILES string of the molecule is COC(=O)c1ccc2nc(CN3CC=C(c4cccnc4OCc4ccc(Cl)cc4F)CC3)n(CC3CCO3)c2c1. The van der Waals surface area contributed by atoms with Crippen LogP contribution < -0.4 is 4.74 Å². The first-order valence-electron chi connectivity index (χ1n) is 13.6. The molecule has 1 fully saturated rings. The number of ether oxygens (including phenoxy) is 3. The Morgan fingerprint density at radius 3 is 2.83 bits per heavy atom. The molecule has 8 nitrogen and oxygen atoms in total. The van der Waals surface area contributed by atoms with Crippen molar-refractivity contribution in [3.8, 4) is 5.88 Å². The monoisotopic (exact) mass is 576 g/mol. The molecule has 0 bridgehead atoms. The Bertz CT molecular complexity index is 1620. The molecule has 0 saturated carbocycles. The van der Waals surface area contributed by atoms with Crippen molar-refractivity contribution in [2.45, 2.75) is 38.6 Å². The average molecular weight is 577 g/mol. The lowest BCUT2D eigenvalue weighted by Gasteiger charge is -2.29. The molecule has 10 heteroatoms. The molecule has 1 saturated heterocycles. The summed E-state index contributed by atoms with van der Waals surface area (Å²) < 4.78 is 33.0. The van der Waals surface area contributed by atoms with Crippen LogP contribution in [0.25, 0.3) is 16.6 Å². The van der Waals surface area contributed by atoms with Gasteiger partial charge in [-0.25, -0.2) is 19.2 Å². The minimum absolute atomic E-state index is 0.0606. The molecule has 4 heterocycles. The summed E-state index contributed by atoms with van der Waals surface area (Å²) in [5.41, 5.74) is 4.71. The largest absolute Gasteiger partial charge is 0.472 e. The summed E-state index contributed by atoms with van der Waals surface area (Å²) in [6, 6.07) is 13.9. The molecular formula is C31H30ClFN4O4. The van der Waals surface area contributed by atoms with E-state index in [0.717, 1.165) is 60.5 Å². The Balaban J connectivity index is 1.18. The van der Waals surface area contributed by atoms with Gasteiger partial charge in [0.2, 0.25) is 5.88 Å². The van der Waals surface area contributed by atoms with Gasteiger partial charge in [0.25, 0.3) is 0 Å². The van der Waals surface area contributed by atoms with Gasteiger partial charge < -0.3 is 18.8 Å². The number of imidazole rings is 1. The first-order chi connectivity index (χ1) is 20.0. The molecule has 2 aromatic heterocycles.